The van der Waals surface area contributed by atoms with Gasteiger partial charge in [-0.3, -0.25) is 19.5 Å². The Hall–Kier alpha value is -4.39. The normalized spacial score (nSPS) is 11.5. The number of benzene rings is 3. The molecule has 6 nitrogen and oxygen atoms in total. The lowest BCUT2D eigenvalue weighted by Crippen LogP contribution is -2.42. The Morgan fingerprint density at radius 3 is 2.26 bits per heavy atom. The SMILES string of the molecule is CCc1ccc([C@H](C(=O)Nc2ccc(F)cc2)N(C(=O)c2cnccn2)c2ccccc2)cc1. The monoisotopic (exact) mass is 454 g/mol. The molecule has 7 heteroatoms. The Kier molecular flexibility index (Phi) is 7.03. The molecule has 4 rings (SSSR count). The Balaban J connectivity index is 1.82. The number of aromatic nitrogens is 2. The largest absolute Gasteiger partial charge is 0.324 e. The summed E-state index contributed by atoms with van der Waals surface area (Å²) >= 11 is 0. The summed E-state index contributed by atoms with van der Waals surface area (Å²) in [5.41, 5.74) is 2.78. The maximum Gasteiger partial charge on any atom is 0.279 e. The maximum atomic E-state index is 13.7. The van der Waals surface area contributed by atoms with E-state index in [1.807, 2.05) is 37.3 Å². The fraction of sp³-hybridized carbons (Fsp3) is 0.111. The molecule has 170 valence electrons. The molecule has 1 atom stereocenters. The van der Waals surface area contributed by atoms with Gasteiger partial charge in [-0.15, -0.1) is 0 Å². The number of nitrogens with one attached hydrogen (secondary N) is 1. The average Bonchev–Trinajstić information content (AvgIpc) is 2.89. The summed E-state index contributed by atoms with van der Waals surface area (Å²) < 4.78 is 13.4. The lowest BCUT2D eigenvalue weighted by Gasteiger charge is -2.31. The number of carbonyl (C=O) groups excluding carboxylic acids is 2. The zero-order valence-electron chi connectivity index (χ0n) is 18.6. The van der Waals surface area contributed by atoms with Crippen molar-refractivity contribution in [3.63, 3.8) is 0 Å². The number of carbonyl (C=O) groups is 2. The van der Waals surface area contributed by atoms with Crippen LogP contribution < -0.4 is 10.2 Å². The number of para-hydroxylation sites is 1. The molecule has 0 radical (unpaired) electrons. The second-order valence-electron chi connectivity index (χ2n) is 7.60. The zero-order chi connectivity index (χ0) is 23.9. The van der Waals surface area contributed by atoms with Gasteiger partial charge in [0.1, 0.15) is 17.6 Å². The van der Waals surface area contributed by atoms with Gasteiger partial charge in [-0.1, -0.05) is 49.4 Å². The summed E-state index contributed by atoms with van der Waals surface area (Å²) in [6.07, 6.45) is 5.12. The van der Waals surface area contributed by atoms with E-state index in [4.69, 9.17) is 0 Å². The predicted octanol–water partition coefficient (Wildman–Crippen LogP) is 5.20. The van der Waals surface area contributed by atoms with Crippen LogP contribution in [0.1, 0.15) is 34.6 Å². The van der Waals surface area contributed by atoms with Gasteiger partial charge in [-0.2, -0.15) is 0 Å². The Bertz CT molecular complexity index is 1250. The first kappa shape index (κ1) is 22.8. The Morgan fingerprint density at radius 1 is 0.941 bits per heavy atom. The summed E-state index contributed by atoms with van der Waals surface area (Å²) in [6.45, 7) is 2.04. The van der Waals surface area contributed by atoms with Gasteiger partial charge < -0.3 is 5.32 Å². The van der Waals surface area contributed by atoms with Crippen LogP contribution in [0, 0.1) is 5.82 Å². The van der Waals surface area contributed by atoms with Crippen molar-refractivity contribution in [3.8, 4) is 0 Å². The highest BCUT2D eigenvalue weighted by molar-refractivity contribution is 6.11. The molecule has 0 aliphatic heterocycles. The molecule has 1 aromatic heterocycles. The summed E-state index contributed by atoms with van der Waals surface area (Å²) in [6, 6.07) is 20.9. The van der Waals surface area contributed by atoms with Crippen molar-refractivity contribution in [2.75, 3.05) is 10.2 Å². The van der Waals surface area contributed by atoms with Crippen LogP contribution in [0.3, 0.4) is 0 Å². The van der Waals surface area contributed by atoms with Crippen LogP contribution in [0.15, 0.2) is 97.5 Å². The van der Waals surface area contributed by atoms with Crippen LogP contribution in [-0.4, -0.2) is 21.8 Å². The summed E-state index contributed by atoms with van der Waals surface area (Å²) in [5, 5.41) is 2.82. The molecule has 0 saturated heterocycles. The molecule has 1 N–H and O–H groups in total. The molecule has 0 aliphatic carbocycles. The number of aryl methyl sites for hydroxylation is 1. The van der Waals surface area contributed by atoms with Crippen LogP contribution >= 0.6 is 0 Å². The molecular weight excluding hydrogens is 431 g/mol. The molecule has 4 aromatic rings. The van der Waals surface area contributed by atoms with Crippen LogP contribution in [0.5, 0.6) is 0 Å². The topological polar surface area (TPSA) is 75.2 Å². The van der Waals surface area contributed by atoms with Gasteiger partial charge in [0.15, 0.2) is 0 Å². The van der Waals surface area contributed by atoms with Gasteiger partial charge in [0, 0.05) is 23.8 Å². The third-order valence-electron chi connectivity index (χ3n) is 5.36. The standard InChI is InChI=1S/C27H23FN4O2/c1-2-19-8-10-20(11-9-19)25(26(33)31-22-14-12-21(28)13-15-22)32(23-6-4-3-5-7-23)27(34)24-18-29-16-17-30-24/h3-18,25H,2H2,1H3,(H,31,33)/t25-/m1/s1. The molecular formula is C27H23FN4O2. The molecule has 0 unspecified atom stereocenters. The minimum absolute atomic E-state index is 0.108. The molecule has 2 amide bonds. The number of hydrogen-bond acceptors (Lipinski definition) is 4. The number of hydrogen-bond donors (Lipinski definition) is 1. The van der Waals surface area contributed by atoms with E-state index in [1.54, 1.807) is 24.3 Å². The van der Waals surface area contributed by atoms with Gasteiger partial charge in [-0.05, 0) is 53.9 Å². The first-order valence-corrected chi connectivity index (χ1v) is 10.9. The van der Waals surface area contributed by atoms with Crippen LogP contribution in [0.2, 0.25) is 0 Å². The lowest BCUT2D eigenvalue weighted by atomic mass is 10.00. The minimum Gasteiger partial charge on any atom is -0.324 e. The Labute approximate surface area is 197 Å². The minimum atomic E-state index is -1.02. The zero-order valence-corrected chi connectivity index (χ0v) is 18.6. The van der Waals surface area contributed by atoms with Crippen molar-refractivity contribution in [3.05, 3.63) is 120 Å². The van der Waals surface area contributed by atoms with Gasteiger partial charge in [-0.25, -0.2) is 9.37 Å². The summed E-state index contributed by atoms with van der Waals surface area (Å²) in [5.74, 6) is -1.33. The van der Waals surface area contributed by atoms with E-state index < -0.39 is 23.7 Å². The molecule has 0 bridgehead atoms. The van der Waals surface area contributed by atoms with Crippen molar-refractivity contribution in [1.82, 2.24) is 9.97 Å². The van der Waals surface area contributed by atoms with Crippen molar-refractivity contribution >= 4 is 23.2 Å². The average molecular weight is 455 g/mol. The Morgan fingerprint density at radius 2 is 1.65 bits per heavy atom. The van der Waals surface area contributed by atoms with Gasteiger partial charge >= 0.3 is 0 Å². The van der Waals surface area contributed by atoms with Crippen molar-refractivity contribution < 1.29 is 14.0 Å². The molecule has 34 heavy (non-hydrogen) atoms. The fourth-order valence-electron chi connectivity index (χ4n) is 3.60. The van der Waals surface area contributed by atoms with E-state index >= 15 is 0 Å². The molecule has 0 spiro atoms. The second-order valence-corrected chi connectivity index (χ2v) is 7.60. The summed E-state index contributed by atoms with van der Waals surface area (Å²) in [4.78, 5) is 36.9. The smallest absolute Gasteiger partial charge is 0.279 e. The van der Waals surface area contributed by atoms with E-state index in [9.17, 15) is 14.0 Å². The van der Waals surface area contributed by atoms with E-state index in [2.05, 4.69) is 15.3 Å². The van der Waals surface area contributed by atoms with Crippen LogP contribution in [0.25, 0.3) is 0 Å². The highest BCUT2D eigenvalue weighted by atomic mass is 19.1. The first-order chi connectivity index (χ1) is 16.6. The molecule has 1 heterocycles. The number of anilines is 2. The highest BCUT2D eigenvalue weighted by Gasteiger charge is 2.34. The second kappa shape index (κ2) is 10.5. The van der Waals surface area contributed by atoms with E-state index in [0.29, 0.717) is 16.9 Å². The van der Waals surface area contributed by atoms with Gasteiger partial charge in [0.2, 0.25) is 0 Å². The predicted molar refractivity (Wildman–Crippen MR) is 129 cm³/mol. The lowest BCUT2D eigenvalue weighted by molar-refractivity contribution is -0.117. The van der Waals surface area contributed by atoms with E-state index in [1.165, 1.54) is 47.8 Å². The third kappa shape index (κ3) is 5.15. The van der Waals surface area contributed by atoms with Gasteiger partial charge in [0.05, 0.1) is 6.20 Å². The van der Waals surface area contributed by atoms with Crippen molar-refractivity contribution in [2.45, 2.75) is 19.4 Å². The highest BCUT2D eigenvalue weighted by Crippen LogP contribution is 2.30. The quantitative estimate of drug-likeness (QED) is 0.416. The molecule has 3 aromatic carbocycles. The number of rotatable bonds is 7. The van der Waals surface area contributed by atoms with E-state index in [0.717, 1.165) is 12.0 Å². The van der Waals surface area contributed by atoms with Crippen molar-refractivity contribution in [1.29, 1.82) is 0 Å². The molecule has 0 aliphatic rings. The number of nitrogens with zero attached hydrogens (tertiary/aromatic N) is 3. The fourth-order valence-corrected chi connectivity index (χ4v) is 3.60. The molecule has 0 fully saturated rings. The van der Waals surface area contributed by atoms with E-state index in [-0.39, 0.29) is 5.69 Å². The molecule has 0 saturated carbocycles. The van der Waals surface area contributed by atoms with Crippen LogP contribution in [0.4, 0.5) is 15.8 Å². The third-order valence-corrected chi connectivity index (χ3v) is 5.36. The number of halogens is 1. The summed E-state index contributed by atoms with van der Waals surface area (Å²) in [7, 11) is 0. The number of amides is 2. The first-order valence-electron chi connectivity index (χ1n) is 10.9. The van der Waals surface area contributed by atoms with Gasteiger partial charge in [0.25, 0.3) is 11.8 Å². The van der Waals surface area contributed by atoms with Crippen molar-refractivity contribution in [2.24, 2.45) is 0 Å². The maximum absolute atomic E-state index is 13.7. The van der Waals surface area contributed by atoms with Crippen LogP contribution in [-0.2, 0) is 11.2 Å².